The van der Waals surface area contributed by atoms with Gasteiger partial charge in [0.1, 0.15) is 17.4 Å². The van der Waals surface area contributed by atoms with E-state index in [2.05, 4.69) is 15.3 Å². The Morgan fingerprint density at radius 2 is 2.17 bits per heavy atom. The molecular weight excluding hydrogens is 230 g/mol. The van der Waals surface area contributed by atoms with Crippen molar-refractivity contribution in [2.75, 3.05) is 11.9 Å². The second kappa shape index (κ2) is 4.27. The summed E-state index contributed by atoms with van der Waals surface area (Å²) in [5.41, 5.74) is 2.20. The zero-order chi connectivity index (χ0) is 12.5. The van der Waals surface area contributed by atoms with Gasteiger partial charge in [-0.1, -0.05) is 12.1 Å². The summed E-state index contributed by atoms with van der Waals surface area (Å²) in [6, 6.07) is 7.73. The third-order valence-electron chi connectivity index (χ3n) is 2.72. The molecule has 5 nitrogen and oxygen atoms in total. The number of benzene rings is 1. The van der Waals surface area contributed by atoms with Gasteiger partial charge in [0.2, 0.25) is 0 Å². The maximum absolute atomic E-state index is 9.29. The highest BCUT2D eigenvalue weighted by atomic mass is 16.3. The lowest BCUT2D eigenvalue weighted by molar-refractivity contribution is 0.208. The minimum atomic E-state index is -0.445. The van der Waals surface area contributed by atoms with Gasteiger partial charge in [-0.15, -0.1) is 0 Å². The fraction of sp³-hybridized carbons (Fsp3) is 0.231. The number of hydrogen-bond acceptors (Lipinski definition) is 5. The largest absolute Gasteiger partial charge is 0.450 e. The Morgan fingerprint density at radius 3 is 3.00 bits per heavy atom. The highest BCUT2D eigenvalue weighted by Gasteiger charge is 2.12. The third-order valence-corrected chi connectivity index (χ3v) is 2.72. The van der Waals surface area contributed by atoms with Crippen LogP contribution in [-0.2, 0) is 0 Å². The molecule has 5 heteroatoms. The van der Waals surface area contributed by atoms with Gasteiger partial charge in [-0.25, -0.2) is 9.97 Å². The average molecular weight is 243 g/mol. The highest BCUT2D eigenvalue weighted by molar-refractivity contribution is 6.05. The molecule has 0 aliphatic carbocycles. The standard InChI is InChI=1S/C13H13N3O2/c1-8(17)6-14-13-12-11(15-7-16-13)9-4-2-3-5-10(9)18-12/h2-5,7-8,17H,6H2,1H3,(H,14,15,16). The van der Waals surface area contributed by atoms with E-state index in [1.54, 1.807) is 6.92 Å². The van der Waals surface area contributed by atoms with E-state index in [1.807, 2.05) is 24.3 Å². The molecule has 92 valence electrons. The first-order valence-corrected chi connectivity index (χ1v) is 5.80. The summed E-state index contributed by atoms with van der Waals surface area (Å²) in [5, 5.41) is 13.3. The quantitative estimate of drug-likeness (QED) is 0.737. The number of aliphatic hydroxyl groups is 1. The predicted octanol–water partition coefficient (Wildman–Crippen LogP) is 2.17. The van der Waals surface area contributed by atoms with Crippen molar-refractivity contribution in [3.05, 3.63) is 30.6 Å². The first-order valence-electron chi connectivity index (χ1n) is 5.80. The molecule has 2 N–H and O–H groups in total. The van der Waals surface area contributed by atoms with Crippen molar-refractivity contribution in [1.82, 2.24) is 9.97 Å². The van der Waals surface area contributed by atoms with Gasteiger partial charge >= 0.3 is 0 Å². The van der Waals surface area contributed by atoms with E-state index in [0.29, 0.717) is 17.9 Å². The summed E-state index contributed by atoms with van der Waals surface area (Å²) < 4.78 is 5.75. The molecule has 0 amide bonds. The molecule has 2 aromatic heterocycles. The van der Waals surface area contributed by atoms with Crippen LogP contribution in [0.15, 0.2) is 35.0 Å². The van der Waals surface area contributed by atoms with Crippen molar-refractivity contribution in [3.8, 4) is 0 Å². The summed E-state index contributed by atoms with van der Waals surface area (Å²) >= 11 is 0. The SMILES string of the molecule is CC(O)CNc1ncnc2c1oc1ccccc12. The van der Waals surface area contributed by atoms with Crippen LogP contribution in [0, 0.1) is 0 Å². The Hall–Kier alpha value is -2.14. The molecule has 18 heavy (non-hydrogen) atoms. The van der Waals surface area contributed by atoms with E-state index >= 15 is 0 Å². The number of anilines is 1. The predicted molar refractivity (Wildman–Crippen MR) is 69.5 cm³/mol. The van der Waals surface area contributed by atoms with Crippen molar-refractivity contribution in [2.45, 2.75) is 13.0 Å². The molecule has 0 saturated heterocycles. The van der Waals surface area contributed by atoms with Gasteiger partial charge < -0.3 is 14.8 Å². The second-order valence-corrected chi connectivity index (χ2v) is 4.23. The fourth-order valence-electron chi connectivity index (χ4n) is 1.89. The van der Waals surface area contributed by atoms with Gasteiger partial charge in [-0.05, 0) is 19.1 Å². The topological polar surface area (TPSA) is 71.2 Å². The molecule has 0 saturated carbocycles. The van der Waals surface area contributed by atoms with Gasteiger partial charge in [0.25, 0.3) is 0 Å². The molecule has 3 rings (SSSR count). The van der Waals surface area contributed by atoms with E-state index in [1.165, 1.54) is 6.33 Å². The van der Waals surface area contributed by atoms with E-state index < -0.39 is 6.10 Å². The summed E-state index contributed by atoms with van der Waals surface area (Å²) in [6.45, 7) is 2.13. The Kier molecular flexibility index (Phi) is 2.60. The van der Waals surface area contributed by atoms with Crippen molar-refractivity contribution in [1.29, 1.82) is 0 Å². The number of aliphatic hydroxyl groups excluding tert-OH is 1. The number of nitrogens with one attached hydrogen (secondary N) is 1. The van der Waals surface area contributed by atoms with Gasteiger partial charge in [0.15, 0.2) is 11.4 Å². The minimum Gasteiger partial charge on any atom is -0.450 e. The van der Waals surface area contributed by atoms with Crippen LogP contribution in [-0.4, -0.2) is 27.7 Å². The van der Waals surface area contributed by atoms with Crippen molar-refractivity contribution in [2.24, 2.45) is 0 Å². The molecular formula is C13H13N3O2. The zero-order valence-corrected chi connectivity index (χ0v) is 9.92. The number of nitrogens with zero attached hydrogens (tertiary/aromatic N) is 2. The molecule has 0 aliphatic rings. The van der Waals surface area contributed by atoms with Crippen LogP contribution < -0.4 is 5.32 Å². The lowest BCUT2D eigenvalue weighted by Gasteiger charge is -2.06. The molecule has 0 radical (unpaired) electrons. The molecule has 0 bridgehead atoms. The lowest BCUT2D eigenvalue weighted by Crippen LogP contribution is -2.16. The number of furan rings is 1. The number of aromatic nitrogens is 2. The first kappa shape index (κ1) is 11.0. The molecule has 3 aromatic rings. The Balaban J connectivity index is 2.15. The summed E-state index contributed by atoms with van der Waals surface area (Å²) in [7, 11) is 0. The first-order chi connectivity index (χ1) is 8.75. The number of hydrogen-bond donors (Lipinski definition) is 2. The van der Waals surface area contributed by atoms with Crippen LogP contribution in [0.4, 0.5) is 5.82 Å². The van der Waals surface area contributed by atoms with Gasteiger partial charge in [-0.2, -0.15) is 0 Å². The van der Waals surface area contributed by atoms with Crippen molar-refractivity contribution >= 4 is 27.9 Å². The Bertz CT molecular complexity index is 691. The van der Waals surface area contributed by atoms with Gasteiger partial charge in [0.05, 0.1) is 6.10 Å². The van der Waals surface area contributed by atoms with Gasteiger partial charge in [-0.3, -0.25) is 0 Å². The smallest absolute Gasteiger partial charge is 0.196 e. The third kappa shape index (κ3) is 1.78. The summed E-state index contributed by atoms with van der Waals surface area (Å²) in [5.74, 6) is 0.608. The Morgan fingerprint density at radius 1 is 1.33 bits per heavy atom. The van der Waals surface area contributed by atoms with Crippen molar-refractivity contribution < 1.29 is 9.52 Å². The monoisotopic (exact) mass is 243 g/mol. The average Bonchev–Trinajstić information content (AvgIpc) is 2.75. The van der Waals surface area contributed by atoms with E-state index in [0.717, 1.165) is 16.5 Å². The Labute approximate surface area is 103 Å². The molecule has 1 unspecified atom stereocenters. The normalized spacial score (nSPS) is 13.0. The van der Waals surface area contributed by atoms with Crippen LogP contribution in [0.3, 0.4) is 0 Å². The molecule has 1 aromatic carbocycles. The molecule has 0 fully saturated rings. The van der Waals surface area contributed by atoms with Crippen LogP contribution >= 0.6 is 0 Å². The highest BCUT2D eigenvalue weighted by Crippen LogP contribution is 2.30. The maximum Gasteiger partial charge on any atom is 0.196 e. The van der Waals surface area contributed by atoms with Crippen LogP contribution in [0.1, 0.15) is 6.92 Å². The number of rotatable bonds is 3. The minimum absolute atomic E-state index is 0.420. The van der Waals surface area contributed by atoms with E-state index in [9.17, 15) is 5.11 Å². The van der Waals surface area contributed by atoms with Crippen LogP contribution in [0.25, 0.3) is 22.1 Å². The number of para-hydroxylation sites is 1. The van der Waals surface area contributed by atoms with E-state index in [-0.39, 0.29) is 0 Å². The zero-order valence-electron chi connectivity index (χ0n) is 9.92. The number of fused-ring (bicyclic) bond motifs is 3. The maximum atomic E-state index is 9.29. The van der Waals surface area contributed by atoms with Gasteiger partial charge in [0, 0.05) is 11.9 Å². The molecule has 0 spiro atoms. The fourth-order valence-corrected chi connectivity index (χ4v) is 1.89. The molecule has 2 heterocycles. The van der Waals surface area contributed by atoms with Crippen molar-refractivity contribution in [3.63, 3.8) is 0 Å². The lowest BCUT2D eigenvalue weighted by atomic mass is 10.2. The molecule has 0 aliphatic heterocycles. The van der Waals surface area contributed by atoms with Crippen LogP contribution in [0.2, 0.25) is 0 Å². The van der Waals surface area contributed by atoms with E-state index in [4.69, 9.17) is 4.42 Å². The second-order valence-electron chi connectivity index (χ2n) is 4.23. The summed E-state index contributed by atoms with van der Waals surface area (Å²) in [4.78, 5) is 8.40. The summed E-state index contributed by atoms with van der Waals surface area (Å²) in [6.07, 6.45) is 1.05. The molecule has 1 atom stereocenters. The van der Waals surface area contributed by atoms with Crippen LogP contribution in [0.5, 0.6) is 0 Å².